The van der Waals surface area contributed by atoms with Crippen molar-refractivity contribution in [2.24, 2.45) is 0 Å². The molecule has 0 aliphatic carbocycles. The van der Waals surface area contributed by atoms with Gasteiger partial charge in [-0.05, 0) is 52.7 Å². The van der Waals surface area contributed by atoms with Crippen molar-refractivity contribution in [3.05, 3.63) is 68.4 Å². The summed E-state index contributed by atoms with van der Waals surface area (Å²) in [7, 11) is 0. The fourth-order valence-corrected chi connectivity index (χ4v) is 2.19. The maximum atomic E-state index is 13.2. The maximum Gasteiger partial charge on any atom is 0.269 e. The second-order valence-corrected chi connectivity index (χ2v) is 5.20. The molecule has 104 valence electrons. The summed E-state index contributed by atoms with van der Waals surface area (Å²) in [4.78, 5) is 10.1. The van der Waals surface area contributed by atoms with Gasteiger partial charge in [-0.15, -0.1) is 0 Å². The van der Waals surface area contributed by atoms with Crippen molar-refractivity contribution >= 4 is 27.3 Å². The van der Waals surface area contributed by atoms with Crippen molar-refractivity contribution in [2.75, 3.05) is 5.32 Å². The third-order valence-electron chi connectivity index (χ3n) is 2.90. The smallest absolute Gasteiger partial charge is 0.269 e. The van der Waals surface area contributed by atoms with Crippen LogP contribution < -0.4 is 5.32 Å². The maximum absolute atomic E-state index is 13.2. The van der Waals surface area contributed by atoms with Crippen molar-refractivity contribution in [1.29, 1.82) is 0 Å². The normalized spacial score (nSPS) is 11.9. The van der Waals surface area contributed by atoms with E-state index in [0.29, 0.717) is 4.47 Å². The first-order chi connectivity index (χ1) is 9.47. The van der Waals surface area contributed by atoms with Crippen LogP contribution in [0.1, 0.15) is 18.5 Å². The van der Waals surface area contributed by atoms with E-state index >= 15 is 0 Å². The van der Waals surface area contributed by atoms with Crippen LogP contribution in [0.2, 0.25) is 0 Å². The zero-order valence-electron chi connectivity index (χ0n) is 10.6. The fraction of sp³-hybridized carbons (Fsp3) is 0.143. The van der Waals surface area contributed by atoms with Crippen LogP contribution in [0, 0.1) is 15.9 Å². The minimum Gasteiger partial charge on any atom is -0.379 e. The Morgan fingerprint density at radius 2 is 1.90 bits per heavy atom. The van der Waals surface area contributed by atoms with Crippen LogP contribution >= 0.6 is 15.9 Å². The van der Waals surface area contributed by atoms with Gasteiger partial charge in [-0.2, -0.15) is 0 Å². The lowest BCUT2D eigenvalue weighted by molar-refractivity contribution is -0.384. The van der Waals surface area contributed by atoms with Crippen molar-refractivity contribution in [2.45, 2.75) is 13.0 Å². The van der Waals surface area contributed by atoms with Crippen molar-refractivity contribution in [3.8, 4) is 0 Å². The van der Waals surface area contributed by atoms with E-state index in [1.165, 1.54) is 18.2 Å². The summed E-state index contributed by atoms with van der Waals surface area (Å²) in [5, 5.41) is 13.8. The summed E-state index contributed by atoms with van der Waals surface area (Å²) in [5.74, 6) is -0.309. The van der Waals surface area contributed by atoms with Crippen LogP contribution in [0.4, 0.5) is 15.8 Å². The van der Waals surface area contributed by atoms with Gasteiger partial charge in [0.1, 0.15) is 5.82 Å². The molecule has 20 heavy (non-hydrogen) atoms. The number of non-ortho nitro benzene ring substituents is 1. The quantitative estimate of drug-likeness (QED) is 0.651. The van der Waals surface area contributed by atoms with E-state index in [1.54, 1.807) is 24.3 Å². The van der Waals surface area contributed by atoms with E-state index in [0.717, 1.165) is 11.3 Å². The van der Waals surface area contributed by atoms with E-state index in [-0.39, 0.29) is 17.5 Å². The van der Waals surface area contributed by atoms with Gasteiger partial charge in [0, 0.05) is 23.9 Å². The van der Waals surface area contributed by atoms with Crippen LogP contribution in [0.25, 0.3) is 0 Å². The number of benzene rings is 2. The van der Waals surface area contributed by atoms with E-state index in [1.807, 2.05) is 6.92 Å². The molecule has 2 aromatic rings. The van der Waals surface area contributed by atoms with Gasteiger partial charge in [0.15, 0.2) is 0 Å². The first-order valence-electron chi connectivity index (χ1n) is 5.93. The summed E-state index contributed by atoms with van der Waals surface area (Å²) in [6, 6.07) is 10.9. The van der Waals surface area contributed by atoms with Crippen LogP contribution in [-0.4, -0.2) is 4.92 Å². The van der Waals surface area contributed by atoms with E-state index in [2.05, 4.69) is 21.2 Å². The van der Waals surface area contributed by atoms with Crippen molar-refractivity contribution < 1.29 is 9.31 Å². The molecule has 0 saturated carbocycles. The van der Waals surface area contributed by atoms with Gasteiger partial charge < -0.3 is 5.32 Å². The molecule has 0 amide bonds. The number of nitrogens with one attached hydrogen (secondary N) is 1. The molecular formula is C14H12BrFN2O2. The van der Waals surface area contributed by atoms with Gasteiger partial charge >= 0.3 is 0 Å². The average Bonchev–Trinajstić information content (AvgIpc) is 2.42. The Balaban J connectivity index is 2.12. The molecule has 0 fully saturated rings. The number of hydrogen-bond acceptors (Lipinski definition) is 3. The third kappa shape index (κ3) is 3.33. The molecule has 4 nitrogen and oxygen atoms in total. The number of nitro benzene ring substituents is 1. The topological polar surface area (TPSA) is 55.2 Å². The molecule has 0 saturated heterocycles. The van der Waals surface area contributed by atoms with E-state index < -0.39 is 4.92 Å². The first-order valence-corrected chi connectivity index (χ1v) is 6.72. The fourth-order valence-electron chi connectivity index (χ4n) is 1.79. The number of rotatable bonds is 4. The zero-order chi connectivity index (χ0) is 14.7. The highest BCUT2D eigenvalue weighted by molar-refractivity contribution is 9.10. The Morgan fingerprint density at radius 1 is 1.25 bits per heavy atom. The summed E-state index contributed by atoms with van der Waals surface area (Å²) < 4.78 is 13.6. The molecule has 6 heteroatoms. The van der Waals surface area contributed by atoms with Crippen LogP contribution in [0.15, 0.2) is 46.9 Å². The molecule has 0 spiro atoms. The van der Waals surface area contributed by atoms with Gasteiger partial charge in [0.2, 0.25) is 0 Å². The minimum atomic E-state index is -0.440. The molecule has 0 aliphatic heterocycles. The molecule has 2 aromatic carbocycles. The predicted octanol–water partition coefficient (Wildman–Crippen LogP) is 4.67. The molecule has 1 unspecified atom stereocenters. The number of nitrogens with zero attached hydrogens (tertiary/aromatic N) is 1. The van der Waals surface area contributed by atoms with E-state index in [9.17, 15) is 14.5 Å². The molecule has 0 radical (unpaired) electrons. The standard InChI is InChI=1S/C14H12BrFN2O2/c1-9(10-2-7-14(16)13(15)8-10)17-11-3-5-12(6-4-11)18(19)20/h2-9,17H,1H3. The van der Waals surface area contributed by atoms with Gasteiger partial charge in [-0.1, -0.05) is 6.07 Å². The van der Waals surface area contributed by atoms with E-state index in [4.69, 9.17) is 0 Å². The largest absolute Gasteiger partial charge is 0.379 e. The molecule has 1 N–H and O–H groups in total. The van der Waals surface area contributed by atoms with Crippen LogP contribution in [-0.2, 0) is 0 Å². The Labute approximate surface area is 123 Å². The molecule has 0 heterocycles. The molecule has 0 aromatic heterocycles. The Bertz CT molecular complexity index is 632. The Hall–Kier alpha value is -1.95. The monoisotopic (exact) mass is 338 g/mol. The molecule has 0 aliphatic rings. The van der Waals surface area contributed by atoms with Gasteiger partial charge in [-0.25, -0.2) is 4.39 Å². The lowest BCUT2D eigenvalue weighted by Gasteiger charge is -2.16. The highest BCUT2D eigenvalue weighted by Gasteiger charge is 2.09. The summed E-state index contributed by atoms with van der Waals surface area (Å²) in [6.07, 6.45) is 0. The van der Waals surface area contributed by atoms with Crippen LogP contribution in [0.3, 0.4) is 0 Å². The Kier molecular flexibility index (Phi) is 4.34. The predicted molar refractivity (Wildman–Crippen MR) is 79.2 cm³/mol. The summed E-state index contributed by atoms with van der Waals surface area (Å²) in [5.41, 5.74) is 1.73. The molecular weight excluding hydrogens is 327 g/mol. The molecule has 1 atom stereocenters. The number of nitro groups is 1. The van der Waals surface area contributed by atoms with Gasteiger partial charge in [0.05, 0.1) is 9.40 Å². The first kappa shape index (κ1) is 14.5. The summed E-state index contributed by atoms with van der Waals surface area (Å²) >= 11 is 3.15. The minimum absolute atomic E-state index is 0.0478. The van der Waals surface area contributed by atoms with Gasteiger partial charge in [-0.3, -0.25) is 10.1 Å². The highest BCUT2D eigenvalue weighted by atomic mass is 79.9. The highest BCUT2D eigenvalue weighted by Crippen LogP contribution is 2.25. The lowest BCUT2D eigenvalue weighted by Crippen LogP contribution is -2.06. The number of halogens is 2. The van der Waals surface area contributed by atoms with Crippen LogP contribution in [0.5, 0.6) is 0 Å². The number of hydrogen-bond donors (Lipinski definition) is 1. The Morgan fingerprint density at radius 3 is 2.45 bits per heavy atom. The lowest BCUT2D eigenvalue weighted by atomic mass is 10.1. The second kappa shape index (κ2) is 6.00. The SMILES string of the molecule is CC(Nc1ccc([N+](=O)[O-])cc1)c1ccc(F)c(Br)c1. The second-order valence-electron chi connectivity index (χ2n) is 4.34. The average molecular weight is 339 g/mol. The summed E-state index contributed by atoms with van der Waals surface area (Å²) in [6.45, 7) is 1.93. The van der Waals surface area contributed by atoms with Crippen molar-refractivity contribution in [1.82, 2.24) is 0 Å². The third-order valence-corrected chi connectivity index (χ3v) is 3.51. The van der Waals surface area contributed by atoms with Crippen molar-refractivity contribution in [3.63, 3.8) is 0 Å². The molecule has 2 rings (SSSR count). The molecule has 0 bridgehead atoms. The zero-order valence-corrected chi connectivity index (χ0v) is 12.2. The number of anilines is 1. The van der Waals surface area contributed by atoms with Gasteiger partial charge in [0.25, 0.3) is 5.69 Å².